The second kappa shape index (κ2) is 11.3. The zero-order valence-electron chi connectivity index (χ0n) is 27.4. The molecule has 0 aliphatic heterocycles. The highest BCUT2D eigenvalue weighted by Crippen LogP contribution is 2.66. The summed E-state index contributed by atoms with van der Waals surface area (Å²) in [7, 11) is -0.749. The number of fused-ring (bicyclic) bond motifs is 4. The Labute approximate surface area is 258 Å². The van der Waals surface area contributed by atoms with Gasteiger partial charge >= 0.3 is 5.92 Å². The van der Waals surface area contributed by atoms with E-state index in [9.17, 15) is 9.90 Å². The van der Waals surface area contributed by atoms with E-state index in [4.69, 9.17) is 4.74 Å². The molecule has 0 saturated heterocycles. The van der Waals surface area contributed by atoms with Crippen molar-refractivity contribution >= 4 is 19.4 Å². The number of rotatable bonds is 6. The fraction of sp³-hybridized carbons (Fsp3) is 0.649. The van der Waals surface area contributed by atoms with E-state index in [2.05, 4.69) is 53.0 Å². The normalized spacial score (nSPS) is 29.5. The molecule has 234 valence electrons. The van der Waals surface area contributed by atoms with Gasteiger partial charge in [-0.25, -0.2) is 0 Å². The minimum absolute atomic E-state index is 0.0210. The summed E-state index contributed by atoms with van der Waals surface area (Å²) in [6.07, 6.45) is 4.66. The molecule has 0 bridgehead atoms. The molecular formula is C37H50F2O3Si. The first-order chi connectivity index (χ1) is 20.1. The number of alkyl halides is 2. The summed E-state index contributed by atoms with van der Waals surface area (Å²) in [6.45, 7) is 14.7. The molecule has 0 spiro atoms. The Morgan fingerprint density at radius 3 is 2.14 bits per heavy atom. The third-order valence-corrected chi connectivity index (χ3v) is 18.6. The number of hydrogen-bond acceptors (Lipinski definition) is 3. The fourth-order valence-corrected chi connectivity index (χ4v) is 15.2. The van der Waals surface area contributed by atoms with Gasteiger partial charge in [0.2, 0.25) is 0 Å². The molecule has 1 aromatic rings. The highest BCUT2D eigenvalue weighted by molar-refractivity contribution is 6.90. The van der Waals surface area contributed by atoms with Gasteiger partial charge < -0.3 is 9.84 Å². The molecule has 0 unspecified atom stereocenters. The number of aliphatic hydroxyl groups is 1. The number of carbonyl (C=O) groups is 1. The van der Waals surface area contributed by atoms with Crippen molar-refractivity contribution in [2.75, 3.05) is 7.11 Å². The zero-order chi connectivity index (χ0) is 31.5. The number of halogens is 2. The molecule has 0 aromatic heterocycles. The first-order valence-corrected chi connectivity index (χ1v) is 18.7. The molecule has 43 heavy (non-hydrogen) atoms. The lowest BCUT2D eigenvalue weighted by molar-refractivity contribution is -0.207. The second-order valence-corrected chi connectivity index (χ2v) is 20.4. The number of ether oxygens (including phenoxy) is 1. The molecule has 0 radical (unpaired) electrons. The van der Waals surface area contributed by atoms with Crippen LogP contribution in [-0.4, -0.2) is 37.6 Å². The first-order valence-electron chi connectivity index (χ1n) is 16.4. The van der Waals surface area contributed by atoms with Gasteiger partial charge in [0.1, 0.15) is 19.4 Å². The number of carbonyl (C=O) groups excluding carboxylic acids is 1. The minimum Gasteiger partial charge on any atom is -0.497 e. The van der Waals surface area contributed by atoms with Crippen LogP contribution >= 0.6 is 0 Å². The van der Waals surface area contributed by atoms with E-state index in [0.717, 1.165) is 41.7 Å². The lowest BCUT2D eigenvalue weighted by atomic mass is 9.54. The minimum atomic E-state index is -3.48. The number of methoxy groups -OCH3 is 1. The van der Waals surface area contributed by atoms with Crippen molar-refractivity contribution in [3.05, 3.63) is 46.5 Å². The second-order valence-electron chi connectivity index (χ2n) is 14.8. The average Bonchev–Trinajstić information content (AvgIpc) is 3.24. The van der Waals surface area contributed by atoms with Crippen LogP contribution in [0.25, 0.3) is 5.57 Å². The van der Waals surface area contributed by atoms with Crippen molar-refractivity contribution in [3.63, 3.8) is 0 Å². The first kappa shape index (κ1) is 32.2. The van der Waals surface area contributed by atoms with E-state index < -0.39 is 25.0 Å². The fourth-order valence-electron chi connectivity index (χ4n) is 9.98. The molecule has 4 aliphatic carbocycles. The van der Waals surface area contributed by atoms with Crippen LogP contribution in [0.3, 0.4) is 0 Å². The SMILES string of the molecule is COc1ccc(C2=C3CC[C@@H]4C(=C3CCC2=O)CC[C@@]2(C)[C@H]4CC[C@@]2(O)C(F)(F)C#C[Si](C(C)C)(C(C)C)C(C)C)cc1. The van der Waals surface area contributed by atoms with Gasteiger partial charge in [0.25, 0.3) is 0 Å². The van der Waals surface area contributed by atoms with E-state index in [-0.39, 0.29) is 40.7 Å². The molecule has 1 aromatic carbocycles. The Balaban J connectivity index is 1.51. The van der Waals surface area contributed by atoms with Crippen LogP contribution in [0.1, 0.15) is 105 Å². The average molecular weight is 609 g/mol. The van der Waals surface area contributed by atoms with Gasteiger partial charge in [0.15, 0.2) is 5.78 Å². The van der Waals surface area contributed by atoms with Crippen LogP contribution in [-0.2, 0) is 4.79 Å². The predicted molar refractivity (Wildman–Crippen MR) is 173 cm³/mol. The zero-order valence-corrected chi connectivity index (χ0v) is 28.4. The number of ketones is 1. The summed E-state index contributed by atoms with van der Waals surface area (Å²) in [5, 5.41) is 12.1. The Morgan fingerprint density at radius 2 is 1.56 bits per heavy atom. The van der Waals surface area contributed by atoms with Crippen molar-refractivity contribution in [3.8, 4) is 17.2 Å². The number of allylic oxidation sites excluding steroid dienone is 4. The quantitative estimate of drug-likeness (QED) is 0.259. The lowest BCUT2D eigenvalue weighted by Crippen LogP contribution is -2.59. The summed E-state index contributed by atoms with van der Waals surface area (Å²) in [5.74, 6) is 0.106. The predicted octanol–water partition coefficient (Wildman–Crippen LogP) is 9.32. The van der Waals surface area contributed by atoms with Crippen molar-refractivity contribution < 1.29 is 23.4 Å². The van der Waals surface area contributed by atoms with Gasteiger partial charge in [-0.05, 0) is 108 Å². The molecule has 4 atom stereocenters. The van der Waals surface area contributed by atoms with Crippen molar-refractivity contribution in [1.29, 1.82) is 0 Å². The largest absolute Gasteiger partial charge is 0.497 e. The van der Waals surface area contributed by atoms with E-state index in [1.165, 1.54) is 11.1 Å². The monoisotopic (exact) mass is 608 g/mol. The van der Waals surface area contributed by atoms with Gasteiger partial charge in [-0.2, -0.15) is 8.78 Å². The Kier molecular flexibility index (Phi) is 8.44. The molecule has 3 nitrogen and oxygen atoms in total. The van der Waals surface area contributed by atoms with Crippen LogP contribution in [0.2, 0.25) is 16.6 Å². The molecule has 4 aliphatic rings. The van der Waals surface area contributed by atoms with Crippen LogP contribution in [0.5, 0.6) is 5.75 Å². The van der Waals surface area contributed by atoms with E-state index >= 15 is 8.78 Å². The molecule has 1 N–H and O–H groups in total. The number of Topliss-reactive ketones (excluding diaryl/α,β-unsaturated/α-hetero) is 1. The van der Waals surface area contributed by atoms with Crippen LogP contribution in [0.15, 0.2) is 41.0 Å². The Hall–Kier alpha value is -2.23. The highest BCUT2D eigenvalue weighted by atomic mass is 28.3. The van der Waals surface area contributed by atoms with E-state index in [0.29, 0.717) is 25.7 Å². The maximum absolute atomic E-state index is 16.4. The van der Waals surface area contributed by atoms with Gasteiger partial charge in [0.05, 0.1) is 7.11 Å². The van der Waals surface area contributed by atoms with E-state index in [1.807, 2.05) is 31.2 Å². The number of benzene rings is 1. The molecule has 2 saturated carbocycles. The maximum atomic E-state index is 16.4. The summed E-state index contributed by atoms with van der Waals surface area (Å²) in [6, 6.07) is 7.72. The van der Waals surface area contributed by atoms with Gasteiger partial charge in [0, 0.05) is 17.4 Å². The maximum Gasteiger partial charge on any atom is 0.336 e. The third kappa shape index (κ3) is 4.79. The van der Waals surface area contributed by atoms with Crippen LogP contribution in [0, 0.1) is 28.7 Å². The summed E-state index contributed by atoms with van der Waals surface area (Å²) in [4.78, 5) is 13.2. The molecule has 6 heteroatoms. The van der Waals surface area contributed by atoms with E-state index in [1.54, 1.807) is 7.11 Å². The molecule has 0 amide bonds. The molecular weight excluding hydrogens is 558 g/mol. The standard InChI is InChI=1S/C37H50F2O3Si/c1-23(2)43(24(3)4,25(5)6)22-21-37(38,39)36(41)20-18-32-30-13-14-31-28(29(30)17-19-35(32,36)7)15-16-33(40)34(31)26-9-11-27(42-8)12-10-26/h9-12,23-25,30,32,41H,13-20H2,1-8H3/t30-,32+,35+,36+/m1/s1. The van der Waals surface area contributed by atoms with Crippen molar-refractivity contribution in [2.45, 2.75) is 128 Å². The smallest absolute Gasteiger partial charge is 0.336 e. The molecule has 0 heterocycles. The summed E-state index contributed by atoms with van der Waals surface area (Å²) < 4.78 is 38.1. The third-order valence-electron chi connectivity index (χ3n) is 12.3. The van der Waals surface area contributed by atoms with Gasteiger partial charge in [-0.1, -0.05) is 66.2 Å². The highest BCUT2D eigenvalue weighted by Gasteiger charge is 2.70. The molecule has 5 rings (SSSR count). The summed E-state index contributed by atoms with van der Waals surface area (Å²) >= 11 is 0. The van der Waals surface area contributed by atoms with Crippen LogP contribution < -0.4 is 4.74 Å². The number of hydrogen-bond donors (Lipinski definition) is 1. The topological polar surface area (TPSA) is 46.5 Å². The van der Waals surface area contributed by atoms with Gasteiger partial charge in [-0.15, -0.1) is 5.54 Å². The van der Waals surface area contributed by atoms with Crippen molar-refractivity contribution in [2.24, 2.45) is 17.3 Å². The van der Waals surface area contributed by atoms with Gasteiger partial charge in [-0.3, -0.25) is 4.79 Å². The summed E-state index contributed by atoms with van der Waals surface area (Å²) in [5.41, 5.74) is 6.45. The molecule has 2 fully saturated rings. The lowest BCUT2D eigenvalue weighted by Gasteiger charge is -2.53. The Morgan fingerprint density at radius 1 is 0.930 bits per heavy atom. The van der Waals surface area contributed by atoms with Crippen molar-refractivity contribution in [1.82, 2.24) is 0 Å². The van der Waals surface area contributed by atoms with Crippen LogP contribution in [0.4, 0.5) is 8.78 Å². The Bertz CT molecular complexity index is 1370.